The zero-order valence-corrected chi connectivity index (χ0v) is 11.6. The Morgan fingerprint density at radius 2 is 1.81 bits per heavy atom. The number of carbonyl (C=O) groups excluding carboxylic acids is 1. The van der Waals surface area contributed by atoms with Crippen molar-refractivity contribution in [3.05, 3.63) is 65.0 Å². The molecule has 3 rings (SSSR count). The maximum Gasteiger partial charge on any atom is 0.387 e. The van der Waals surface area contributed by atoms with Crippen molar-refractivity contribution in [1.82, 2.24) is 0 Å². The Balaban J connectivity index is 1.93. The van der Waals surface area contributed by atoms with Gasteiger partial charge in [0.25, 0.3) is 0 Å². The van der Waals surface area contributed by atoms with Crippen molar-refractivity contribution in [1.29, 1.82) is 0 Å². The normalized spacial score (nSPS) is 11.0. The molecule has 5 heteroatoms. The lowest BCUT2D eigenvalue weighted by molar-refractivity contribution is -0.0498. The van der Waals surface area contributed by atoms with E-state index in [4.69, 9.17) is 0 Å². The molecular formula is C16H10F2O2S. The minimum absolute atomic E-state index is 0.0379. The molecule has 0 saturated heterocycles. The number of fused-ring (bicyclic) bond motifs is 1. The van der Waals surface area contributed by atoms with Gasteiger partial charge in [-0.15, -0.1) is 11.3 Å². The van der Waals surface area contributed by atoms with Gasteiger partial charge in [-0.3, -0.25) is 4.79 Å². The molecule has 2 aromatic carbocycles. The van der Waals surface area contributed by atoms with Gasteiger partial charge in [-0.25, -0.2) is 0 Å². The van der Waals surface area contributed by atoms with E-state index < -0.39 is 6.61 Å². The molecular weight excluding hydrogens is 294 g/mol. The van der Waals surface area contributed by atoms with Gasteiger partial charge in [-0.05, 0) is 47.2 Å². The van der Waals surface area contributed by atoms with E-state index in [2.05, 4.69) is 4.74 Å². The van der Waals surface area contributed by atoms with Gasteiger partial charge < -0.3 is 4.74 Å². The largest absolute Gasteiger partial charge is 0.435 e. The highest BCUT2D eigenvalue weighted by atomic mass is 32.1. The molecule has 106 valence electrons. The third kappa shape index (κ3) is 2.78. The van der Waals surface area contributed by atoms with Gasteiger partial charge in [0.2, 0.25) is 0 Å². The van der Waals surface area contributed by atoms with Crippen molar-refractivity contribution in [2.45, 2.75) is 6.61 Å². The molecule has 1 aromatic heterocycles. The fourth-order valence-electron chi connectivity index (χ4n) is 2.12. The van der Waals surface area contributed by atoms with E-state index in [1.165, 1.54) is 35.6 Å². The van der Waals surface area contributed by atoms with E-state index in [9.17, 15) is 13.6 Å². The van der Waals surface area contributed by atoms with Crippen molar-refractivity contribution < 1.29 is 18.3 Å². The van der Waals surface area contributed by atoms with Crippen LogP contribution in [0.1, 0.15) is 15.9 Å². The Morgan fingerprint density at radius 1 is 1.05 bits per heavy atom. The molecule has 0 aliphatic heterocycles. The van der Waals surface area contributed by atoms with Crippen LogP contribution in [0, 0.1) is 0 Å². The first kappa shape index (κ1) is 13.7. The molecule has 0 amide bonds. The molecule has 1 heterocycles. The highest BCUT2D eigenvalue weighted by Crippen LogP contribution is 2.27. The Labute approximate surface area is 123 Å². The van der Waals surface area contributed by atoms with Crippen LogP contribution in [0.2, 0.25) is 0 Å². The van der Waals surface area contributed by atoms with Crippen molar-refractivity contribution in [2.24, 2.45) is 0 Å². The van der Waals surface area contributed by atoms with Crippen LogP contribution in [-0.4, -0.2) is 12.4 Å². The summed E-state index contributed by atoms with van der Waals surface area (Å²) in [5, 5.41) is 2.95. The zero-order chi connectivity index (χ0) is 14.8. The van der Waals surface area contributed by atoms with Gasteiger partial charge in [-0.2, -0.15) is 8.78 Å². The van der Waals surface area contributed by atoms with Crippen LogP contribution >= 0.6 is 11.3 Å². The standard InChI is InChI=1S/C16H10F2O2S/c17-16(18)20-12-6-4-10(5-7-12)14(19)13-3-1-2-11-8-9-21-15(11)13/h1-9,16H. The number of hydrogen-bond acceptors (Lipinski definition) is 3. The third-order valence-corrected chi connectivity index (χ3v) is 4.03. The van der Waals surface area contributed by atoms with Crippen LogP contribution in [0.15, 0.2) is 53.9 Å². The second kappa shape index (κ2) is 5.61. The van der Waals surface area contributed by atoms with E-state index in [-0.39, 0.29) is 11.5 Å². The average molecular weight is 304 g/mol. The number of carbonyl (C=O) groups is 1. The van der Waals surface area contributed by atoms with E-state index in [0.717, 1.165) is 10.1 Å². The van der Waals surface area contributed by atoms with Crippen LogP contribution in [-0.2, 0) is 0 Å². The number of alkyl halides is 2. The molecule has 0 aliphatic rings. The highest BCUT2D eigenvalue weighted by molar-refractivity contribution is 7.17. The second-order valence-corrected chi connectivity index (χ2v) is 5.29. The van der Waals surface area contributed by atoms with Crippen LogP contribution in [0.4, 0.5) is 8.78 Å². The molecule has 0 bridgehead atoms. The van der Waals surface area contributed by atoms with Crippen molar-refractivity contribution in [3.63, 3.8) is 0 Å². The predicted molar refractivity (Wildman–Crippen MR) is 78.3 cm³/mol. The SMILES string of the molecule is O=C(c1ccc(OC(F)F)cc1)c1cccc2ccsc12. The number of ketones is 1. The number of thiophene rings is 1. The van der Waals surface area contributed by atoms with Gasteiger partial charge in [0.15, 0.2) is 5.78 Å². The molecule has 0 atom stereocenters. The maximum atomic E-state index is 12.5. The summed E-state index contributed by atoms with van der Waals surface area (Å²) in [6.07, 6.45) is 0. The minimum Gasteiger partial charge on any atom is -0.435 e. The molecule has 2 nitrogen and oxygen atoms in total. The van der Waals surface area contributed by atoms with Gasteiger partial charge in [-0.1, -0.05) is 12.1 Å². The summed E-state index contributed by atoms with van der Waals surface area (Å²) in [4.78, 5) is 12.5. The summed E-state index contributed by atoms with van der Waals surface area (Å²) < 4.78 is 29.4. The summed E-state index contributed by atoms with van der Waals surface area (Å²) in [6, 6.07) is 13.2. The number of benzene rings is 2. The molecule has 0 N–H and O–H groups in total. The smallest absolute Gasteiger partial charge is 0.387 e. The fourth-order valence-corrected chi connectivity index (χ4v) is 3.03. The summed E-state index contributed by atoms with van der Waals surface area (Å²) in [6.45, 7) is -2.87. The van der Waals surface area contributed by atoms with Crippen molar-refractivity contribution >= 4 is 27.2 Å². The van der Waals surface area contributed by atoms with Crippen LogP contribution in [0.3, 0.4) is 0 Å². The summed E-state index contributed by atoms with van der Waals surface area (Å²) in [5.74, 6) is -0.0949. The molecule has 21 heavy (non-hydrogen) atoms. The second-order valence-electron chi connectivity index (χ2n) is 4.38. The van der Waals surface area contributed by atoms with Gasteiger partial charge >= 0.3 is 6.61 Å². The van der Waals surface area contributed by atoms with E-state index >= 15 is 0 Å². The first-order chi connectivity index (χ1) is 10.1. The monoisotopic (exact) mass is 304 g/mol. The third-order valence-electron chi connectivity index (χ3n) is 3.07. The number of rotatable bonds is 4. The molecule has 0 unspecified atom stereocenters. The van der Waals surface area contributed by atoms with Crippen molar-refractivity contribution in [3.8, 4) is 5.75 Å². The summed E-state index contributed by atoms with van der Waals surface area (Å²) in [7, 11) is 0. The average Bonchev–Trinajstić information content (AvgIpc) is 2.95. The number of ether oxygens (including phenoxy) is 1. The van der Waals surface area contributed by atoms with Crippen LogP contribution in [0.25, 0.3) is 10.1 Å². The first-order valence-electron chi connectivity index (χ1n) is 6.21. The molecule has 0 spiro atoms. The topological polar surface area (TPSA) is 26.3 Å². The van der Waals surface area contributed by atoms with Crippen LogP contribution < -0.4 is 4.74 Å². The fraction of sp³-hybridized carbons (Fsp3) is 0.0625. The summed E-state index contributed by atoms with van der Waals surface area (Å²) >= 11 is 1.50. The maximum absolute atomic E-state index is 12.5. The molecule has 3 aromatic rings. The highest BCUT2D eigenvalue weighted by Gasteiger charge is 2.13. The Morgan fingerprint density at radius 3 is 2.52 bits per heavy atom. The predicted octanol–water partition coefficient (Wildman–Crippen LogP) is 4.73. The zero-order valence-electron chi connectivity index (χ0n) is 10.8. The van der Waals surface area contributed by atoms with Crippen LogP contribution in [0.5, 0.6) is 5.75 Å². The lowest BCUT2D eigenvalue weighted by Gasteiger charge is -2.06. The van der Waals surface area contributed by atoms with E-state index in [1.807, 2.05) is 23.6 Å². The van der Waals surface area contributed by atoms with Crippen molar-refractivity contribution in [2.75, 3.05) is 0 Å². The molecule has 0 fully saturated rings. The minimum atomic E-state index is -2.87. The Bertz CT molecular complexity index is 778. The van der Waals surface area contributed by atoms with E-state index in [0.29, 0.717) is 11.1 Å². The first-order valence-corrected chi connectivity index (χ1v) is 7.09. The van der Waals surface area contributed by atoms with Gasteiger partial charge in [0.05, 0.1) is 0 Å². The van der Waals surface area contributed by atoms with Gasteiger partial charge in [0.1, 0.15) is 5.75 Å². The quantitative estimate of drug-likeness (QED) is 0.651. The molecule has 0 radical (unpaired) electrons. The number of hydrogen-bond donors (Lipinski definition) is 0. The Kier molecular flexibility index (Phi) is 3.66. The van der Waals surface area contributed by atoms with Gasteiger partial charge in [0, 0.05) is 15.8 Å². The summed E-state index contributed by atoms with van der Waals surface area (Å²) in [5.41, 5.74) is 1.06. The lowest BCUT2D eigenvalue weighted by atomic mass is 10.0. The molecule has 0 saturated carbocycles. The Hall–Kier alpha value is -2.27. The number of halogens is 2. The van der Waals surface area contributed by atoms with E-state index in [1.54, 1.807) is 6.07 Å². The lowest BCUT2D eigenvalue weighted by Crippen LogP contribution is -2.04. The molecule has 0 aliphatic carbocycles.